The second kappa shape index (κ2) is 5.40. The third kappa shape index (κ3) is 2.15. The molecule has 0 spiro atoms. The van der Waals surface area contributed by atoms with E-state index in [2.05, 4.69) is 0 Å². The molecule has 100 valence electrons. The zero-order chi connectivity index (χ0) is 14.0. The number of hydrogen-bond acceptors (Lipinski definition) is 2. The number of thiophene rings is 1. The normalized spacial score (nSPS) is 11.4. The first-order chi connectivity index (χ1) is 9.73. The van der Waals surface area contributed by atoms with Gasteiger partial charge in [0.05, 0.1) is 4.62 Å². The molecule has 1 aromatic heterocycles. The fourth-order valence-corrected chi connectivity index (χ4v) is 6.93. The molecule has 0 unspecified atom stereocenters. The van der Waals surface area contributed by atoms with E-state index in [1.54, 1.807) is 11.3 Å². The molecule has 0 amide bonds. The van der Waals surface area contributed by atoms with E-state index in [1.807, 2.05) is 79.0 Å². The third-order valence-corrected chi connectivity index (χ3v) is 8.24. The van der Waals surface area contributed by atoms with Crippen LogP contribution < -0.4 is 15.2 Å². The molecule has 0 radical (unpaired) electrons. The number of hydrogen-bond donors (Lipinski definition) is 0. The molecular formula is C17H15OPS. The van der Waals surface area contributed by atoms with Crippen LogP contribution in [0.1, 0.15) is 5.56 Å². The van der Waals surface area contributed by atoms with Crippen LogP contribution in [0, 0.1) is 6.92 Å². The molecule has 20 heavy (non-hydrogen) atoms. The van der Waals surface area contributed by atoms with Crippen LogP contribution in [0.3, 0.4) is 0 Å². The Bertz CT molecular complexity index is 703. The van der Waals surface area contributed by atoms with E-state index in [0.717, 1.165) is 20.8 Å². The lowest BCUT2D eigenvalue weighted by Crippen LogP contribution is -2.24. The molecule has 0 fully saturated rings. The third-order valence-electron chi connectivity index (χ3n) is 3.36. The summed E-state index contributed by atoms with van der Waals surface area (Å²) in [4.78, 5) is 0. The fraction of sp³-hybridized carbons (Fsp3) is 0.0588. The Balaban J connectivity index is 2.30. The Labute approximate surface area is 123 Å². The summed E-state index contributed by atoms with van der Waals surface area (Å²) in [6.07, 6.45) is 0. The highest BCUT2D eigenvalue weighted by molar-refractivity contribution is 7.89. The monoisotopic (exact) mass is 298 g/mol. The Morgan fingerprint density at radius 3 is 1.70 bits per heavy atom. The minimum atomic E-state index is -2.75. The predicted molar refractivity (Wildman–Crippen MR) is 88.4 cm³/mol. The van der Waals surface area contributed by atoms with E-state index >= 15 is 0 Å². The minimum Gasteiger partial charge on any atom is -0.308 e. The molecular weight excluding hydrogens is 283 g/mol. The summed E-state index contributed by atoms with van der Waals surface area (Å²) in [7, 11) is -2.75. The maximum absolute atomic E-state index is 13.9. The van der Waals surface area contributed by atoms with E-state index < -0.39 is 7.14 Å². The van der Waals surface area contributed by atoms with Gasteiger partial charge in [-0.3, -0.25) is 0 Å². The summed E-state index contributed by atoms with van der Waals surface area (Å²) in [6, 6.07) is 21.6. The minimum absolute atomic E-state index is 0.900. The largest absolute Gasteiger partial charge is 0.308 e. The molecule has 0 aliphatic carbocycles. The van der Waals surface area contributed by atoms with Gasteiger partial charge in [-0.05, 0) is 23.9 Å². The van der Waals surface area contributed by atoms with Gasteiger partial charge in [-0.2, -0.15) is 0 Å². The summed E-state index contributed by atoms with van der Waals surface area (Å²) in [6.45, 7) is 2.03. The van der Waals surface area contributed by atoms with Gasteiger partial charge in [-0.1, -0.05) is 60.7 Å². The molecule has 2 aromatic carbocycles. The van der Waals surface area contributed by atoms with Gasteiger partial charge in [0.1, 0.15) is 0 Å². The van der Waals surface area contributed by atoms with E-state index in [1.165, 1.54) is 0 Å². The van der Waals surface area contributed by atoms with E-state index in [0.29, 0.717) is 0 Å². The van der Waals surface area contributed by atoms with Crippen molar-refractivity contribution in [3.63, 3.8) is 0 Å². The predicted octanol–water partition coefficient (Wildman–Crippen LogP) is 3.70. The molecule has 0 N–H and O–H groups in total. The van der Waals surface area contributed by atoms with Crippen LogP contribution in [0.5, 0.6) is 0 Å². The van der Waals surface area contributed by atoms with Crippen LogP contribution in [0.4, 0.5) is 0 Å². The summed E-state index contributed by atoms with van der Waals surface area (Å²) >= 11 is 1.58. The number of benzene rings is 2. The van der Waals surface area contributed by atoms with Crippen LogP contribution in [0.25, 0.3) is 0 Å². The first-order valence-corrected chi connectivity index (χ1v) is 9.07. The standard InChI is InChI=1S/C17H15OPS/c1-14-12-13-20-17(14)19(18,15-8-4-2-5-9-15)16-10-6-3-7-11-16/h2-13H,1H3. The second-order valence-electron chi connectivity index (χ2n) is 4.69. The van der Waals surface area contributed by atoms with Gasteiger partial charge in [0.25, 0.3) is 0 Å². The lowest BCUT2D eigenvalue weighted by atomic mass is 10.4. The summed E-state index contributed by atoms with van der Waals surface area (Å²) in [5.74, 6) is 0. The number of rotatable bonds is 3. The van der Waals surface area contributed by atoms with Gasteiger partial charge in [0.15, 0.2) is 7.14 Å². The van der Waals surface area contributed by atoms with Gasteiger partial charge in [0.2, 0.25) is 0 Å². The quantitative estimate of drug-likeness (QED) is 0.674. The highest BCUT2D eigenvalue weighted by Gasteiger charge is 2.31. The fourth-order valence-electron chi connectivity index (χ4n) is 2.35. The van der Waals surface area contributed by atoms with Crippen molar-refractivity contribution < 1.29 is 4.57 Å². The zero-order valence-electron chi connectivity index (χ0n) is 11.2. The van der Waals surface area contributed by atoms with Crippen molar-refractivity contribution in [2.75, 3.05) is 0 Å². The smallest absolute Gasteiger partial charge is 0.180 e. The molecule has 0 bridgehead atoms. The Morgan fingerprint density at radius 2 is 1.30 bits per heavy atom. The van der Waals surface area contributed by atoms with Crippen LogP contribution >= 0.6 is 18.5 Å². The van der Waals surface area contributed by atoms with Gasteiger partial charge in [-0.25, -0.2) is 0 Å². The van der Waals surface area contributed by atoms with E-state index in [-0.39, 0.29) is 0 Å². The van der Waals surface area contributed by atoms with Gasteiger partial charge in [-0.15, -0.1) is 11.3 Å². The highest BCUT2D eigenvalue weighted by Crippen LogP contribution is 2.44. The van der Waals surface area contributed by atoms with Crippen LogP contribution in [0.15, 0.2) is 72.1 Å². The topological polar surface area (TPSA) is 17.1 Å². The Hall–Kier alpha value is -1.63. The lowest BCUT2D eigenvalue weighted by molar-refractivity contribution is 0.593. The molecule has 0 atom stereocenters. The average Bonchev–Trinajstić information content (AvgIpc) is 2.95. The lowest BCUT2D eigenvalue weighted by Gasteiger charge is -2.19. The van der Waals surface area contributed by atoms with Crippen molar-refractivity contribution in [2.24, 2.45) is 0 Å². The molecule has 3 rings (SSSR count). The van der Waals surface area contributed by atoms with Crippen molar-refractivity contribution in [3.8, 4) is 0 Å². The molecule has 1 nitrogen and oxygen atoms in total. The summed E-state index contributed by atoms with van der Waals surface area (Å²) < 4.78 is 14.9. The van der Waals surface area contributed by atoms with Crippen molar-refractivity contribution in [3.05, 3.63) is 77.7 Å². The molecule has 0 aliphatic heterocycles. The maximum Gasteiger partial charge on any atom is 0.180 e. The number of aryl methyl sites for hydroxylation is 1. The molecule has 0 aliphatic rings. The summed E-state index contributed by atoms with van der Waals surface area (Å²) in [5.41, 5.74) is 1.10. The highest BCUT2D eigenvalue weighted by atomic mass is 32.1. The molecule has 0 saturated carbocycles. The first-order valence-electron chi connectivity index (χ1n) is 6.49. The van der Waals surface area contributed by atoms with E-state index in [9.17, 15) is 4.57 Å². The molecule has 1 heterocycles. The molecule has 3 aromatic rings. The van der Waals surface area contributed by atoms with Gasteiger partial charge < -0.3 is 4.57 Å². The van der Waals surface area contributed by atoms with Gasteiger partial charge in [0, 0.05) is 10.6 Å². The van der Waals surface area contributed by atoms with Crippen LogP contribution in [-0.2, 0) is 4.57 Å². The van der Waals surface area contributed by atoms with Crippen LogP contribution in [0.2, 0.25) is 0 Å². The van der Waals surface area contributed by atoms with Crippen LogP contribution in [-0.4, -0.2) is 0 Å². The van der Waals surface area contributed by atoms with Crippen molar-refractivity contribution >= 4 is 33.7 Å². The Morgan fingerprint density at radius 1 is 0.800 bits per heavy atom. The Kier molecular flexibility index (Phi) is 3.60. The van der Waals surface area contributed by atoms with E-state index in [4.69, 9.17) is 0 Å². The average molecular weight is 298 g/mol. The maximum atomic E-state index is 13.9. The summed E-state index contributed by atoms with van der Waals surface area (Å²) in [5, 5.41) is 3.82. The first kappa shape index (κ1) is 13.4. The van der Waals surface area contributed by atoms with Crippen molar-refractivity contribution in [1.29, 1.82) is 0 Å². The van der Waals surface area contributed by atoms with Crippen molar-refractivity contribution in [2.45, 2.75) is 6.92 Å². The van der Waals surface area contributed by atoms with Crippen molar-refractivity contribution in [1.82, 2.24) is 0 Å². The second-order valence-corrected chi connectivity index (χ2v) is 8.61. The van der Waals surface area contributed by atoms with Gasteiger partial charge >= 0.3 is 0 Å². The zero-order valence-corrected chi connectivity index (χ0v) is 12.9. The molecule has 0 saturated heterocycles. The molecule has 3 heteroatoms. The SMILES string of the molecule is Cc1ccsc1P(=O)(c1ccccc1)c1ccccc1.